The summed E-state index contributed by atoms with van der Waals surface area (Å²) >= 11 is 1.04. The van der Waals surface area contributed by atoms with Crippen LogP contribution in [0.1, 0.15) is 37.7 Å². The summed E-state index contributed by atoms with van der Waals surface area (Å²) in [6, 6.07) is 7.89. The predicted molar refractivity (Wildman–Crippen MR) is 101 cm³/mol. The number of carbonyl (C=O) groups excluding carboxylic acids is 2. The summed E-state index contributed by atoms with van der Waals surface area (Å²) in [6.07, 6.45) is 1.92. The fraction of sp³-hybridized carbons (Fsp3) is 0.333. The maximum Gasteiger partial charge on any atom is 0.283 e. The first-order chi connectivity index (χ1) is 13.0. The minimum absolute atomic E-state index is 0.0188. The molecule has 1 unspecified atom stereocenters. The van der Waals surface area contributed by atoms with Crippen LogP contribution in [0.5, 0.6) is 0 Å². The predicted octanol–water partition coefficient (Wildman–Crippen LogP) is 3.13. The van der Waals surface area contributed by atoms with Crippen molar-refractivity contribution >= 4 is 34.5 Å². The molecule has 1 saturated heterocycles. The van der Waals surface area contributed by atoms with Gasteiger partial charge in [0, 0.05) is 19.2 Å². The van der Waals surface area contributed by atoms with Crippen molar-refractivity contribution in [2.24, 2.45) is 0 Å². The van der Waals surface area contributed by atoms with Crippen LogP contribution < -0.4 is 10.6 Å². The Morgan fingerprint density at radius 3 is 2.78 bits per heavy atom. The first kappa shape index (κ1) is 19.0. The highest BCUT2D eigenvalue weighted by Crippen LogP contribution is 2.29. The van der Waals surface area contributed by atoms with Crippen molar-refractivity contribution in [2.75, 3.05) is 18.5 Å². The van der Waals surface area contributed by atoms with E-state index in [9.17, 15) is 19.7 Å². The Morgan fingerprint density at radius 2 is 2.11 bits per heavy atom. The van der Waals surface area contributed by atoms with Crippen LogP contribution in [0.25, 0.3) is 0 Å². The Kier molecular flexibility index (Phi) is 5.82. The molecule has 2 heterocycles. The van der Waals surface area contributed by atoms with Crippen LogP contribution in [0.3, 0.4) is 0 Å². The maximum atomic E-state index is 12.5. The van der Waals surface area contributed by atoms with Crippen molar-refractivity contribution in [3.05, 3.63) is 55.8 Å². The second-order valence-electron chi connectivity index (χ2n) is 6.15. The lowest BCUT2D eigenvalue weighted by molar-refractivity contribution is -0.385. The summed E-state index contributed by atoms with van der Waals surface area (Å²) < 4.78 is 5.49. The van der Waals surface area contributed by atoms with Gasteiger partial charge in [0.15, 0.2) is 0 Å². The molecule has 2 aromatic rings. The van der Waals surface area contributed by atoms with Crippen LogP contribution in [0.15, 0.2) is 30.3 Å². The number of aryl methyl sites for hydroxylation is 1. The molecular weight excluding hydrogens is 370 g/mol. The van der Waals surface area contributed by atoms with Gasteiger partial charge in [0.1, 0.15) is 0 Å². The Morgan fingerprint density at radius 1 is 1.33 bits per heavy atom. The first-order valence-electron chi connectivity index (χ1n) is 8.50. The van der Waals surface area contributed by atoms with Crippen molar-refractivity contribution in [1.82, 2.24) is 5.32 Å². The van der Waals surface area contributed by atoms with Gasteiger partial charge in [0.05, 0.1) is 32.0 Å². The number of ether oxygens (including phenoxy) is 1. The van der Waals surface area contributed by atoms with E-state index >= 15 is 0 Å². The van der Waals surface area contributed by atoms with Gasteiger partial charge in [-0.2, -0.15) is 0 Å². The van der Waals surface area contributed by atoms with Gasteiger partial charge < -0.3 is 15.4 Å². The van der Waals surface area contributed by atoms with Crippen LogP contribution in [-0.4, -0.2) is 36.0 Å². The molecule has 27 heavy (non-hydrogen) atoms. The monoisotopic (exact) mass is 389 g/mol. The van der Waals surface area contributed by atoms with Crippen LogP contribution in [-0.2, 0) is 4.74 Å². The Balaban J connectivity index is 1.71. The van der Waals surface area contributed by atoms with Gasteiger partial charge >= 0.3 is 0 Å². The van der Waals surface area contributed by atoms with E-state index in [4.69, 9.17) is 4.74 Å². The largest absolute Gasteiger partial charge is 0.376 e. The molecule has 0 saturated carbocycles. The van der Waals surface area contributed by atoms with Gasteiger partial charge in [0.25, 0.3) is 17.5 Å². The average molecular weight is 389 g/mol. The van der Waals surface area contributed by atoms with Gasteiger partial charge in [0.2, 0.25) is 0 Å². The molecule has 0 radical (unpaired) electrons. The van der Waals surface area contributed by atoms with Crippen molar-refractivity contribution in [3.63, 3.8) is 0 Å². The third-order valence-electron chi connectivity index (χ3n) is 4.25. The van der Waals surface area contributed by atoms with Crippen LogP contribution in [0, 0.1) is 17.0 Å². The summed E-state index contributed by atoms with van der Waals surface area (Å²) in [5.41, 5.74) is 0.584. The summed E-state index contributed by atoms with van der Waals surface area (Å²) in [5.74, 6) is -0.801. The highest BCUT2D eigenvalue weighted by molar-refractivity contribution is 7.14. The number of hydrogen-bond acceptors (Lipinski definition) is 6. The second-order valence-corrected chi connectivity index (χ2v) is 7.41. The number of thiophene rings is 1. The lowest BCUT2D eigenvalue weighted by Gasteiger charge is -2.13. The molecule has 0 aliphatic carbocycles. The molecule has 1 aliphatic heterocycles. The Bertz CT molecular complexity index is 874. The standard InChI is InChI=1S/C18H19N3O5S/c1-11-15(21(24)25)9-16(27-11)18(23)20-14-7-3-2-6-13(14)17(22)19-10-12-5-4-8-26-12/h2-3,6-7,9,12H,4-5,8,10H2,1H3,(H,19,22)(H,20,23). The number of para-hydroxylation sites is 1. The molecule has 0 spiro atoms. The lowest BCUT2D eigenvalue weighted by atomic mass is 10.1. The zero-order chi connectivity index (χ0) is 19.4. The van der Waals surface area contributed by atoms with Crippen LogP contribution >= 0.6 is 11.3 Å². The summed E-state index contributed by atoms with van der Waals surface area (Å²) in [5, 5.41) is 16.5. The average Bonchev–Trinajstić information content (AvgIpc) is 3.29. The molecular formula is C18H19N3O5S. The maximum absolute atomic E-state index is 12.5. The molecule has 1 fully saturated rings. The highest BCUT2D eigenvalue weighted by atomic mass is 32.1. The molecule has 1 atom stereocenters. The van der Waals surface area contributed by atoms with Crippen LogP contribution in [0.2, 0.25) is 0 Å². The zero-order valence-electron chi connectivity index (χ0n) is 14.7. The molecule has 2 amide bonds. The number of amides is 2. The number of nitro groups is 1. The topological polar surface area (TPSA) is 111 Å². The van der Waals surface area contributed by atoms with E-state index in [1.807, 2.05) is 0 Å². The van der Waals surface area contributed by atoms with Crippen molar-refractivity contribution < 1.29 is 19.2 Å². The molecule has 1 aromatic heterocycles. The van der Waals surface area contributed by atoms with Gasteiger partial charge in [-0.3, -0.25) is 19.7 Å². The van der Waals surface area contributed by atoms with E-state index in [-0.39, 0.29) is 22.6 Å². The number of benzene rings is 1. The van der Waals surface area contributed by atoms with Crippen molar-refractivity contribution in [1.29, 1.82) is 0 Å². The van der Waals surface area contributed by atoms with Crippen molar-refractivity contribution in [2.45, 2.75) is 25.9 Å². The normalized spacial score (nSPS) is 16.1. The summed E-state index contributed by atoms with van der Waals surface area (Å²) in [4.78, 5) is 36.1. The van der Waals surface area contributed by atoms with E-state index in [1.165, 1.54) is 6.07 Å². The first-order valence-corrected chi connectivity index (χ1v) is 9.32. The third-order valence-corrected chi connectivity index (χ3v) is 5.28. The van der Waals surface area contributed by atoms with Crippen molar-refractivity contribution in [3.8, 4) is 0 Å². The molecule has 1 aromatic carbocycles. The van der Waals surface area contributed by atoms with Gasteiger partial charge in [-0.05, 0) is 31.9 Å². The molecule has 0 bridgehead atoms. The highest BCUT2D eigenvalue weighted by Gasteiger charge is 2.22. The number of nitrogens with one attached hydrogen (secondary N) is 2. The molecule has 2 N–H and O–H groups in total. The smallest absolute Gasteiger partial charge is 0.283 e. The number of carbonyl (C=O) groups is 2. The number of rotatable bonds is 6. The van der Waals surface area contributed by atoms with Gasteiger partial charge in [-0.1, -0.05) is 12.1 Å². The Labute approximate surface area is 159 Å². The molecule has 142 valence electrons. The summed E-state index contributed by atoms with van der Waals surface area (Å²) in [6.45, 7) is 2.71. The minimum atomic E-state index is -0.519. The van der Waals surface area contributed by atoms with Gasteiger partial charge in [-0.15, -0.1) is 11.3 Å². The van der Waals surface area contributed by atoms with E-state index in [2.05, 4.69) is 10.6 Å². The van der Waals surface area contributed by atoms with E-state index in [1.54, 1.807) is 31.2 Å². The molecule has 1 aliphatic rings. The fourth-order valence-electron chi connectivity index (χ4n) is 2.85. The number of anilines is 1. The molecule has 3 rings (SSSR count). The zero-order valence-corrected chi connectivity index (χ0v) is 15.5. The molecule has 9 heteroatoms. The fourth-order valence-corrected chi connectivity index (χ4v) is 3.73. The van der Waals surface area contributed by atoms with Gasteiger partial charge in [-0.25, -0.2) is 0 Å². The van der Waals surface area contributed by atoms with E-state index in [0.717, 1.165) is 24.2 Å². The number of hydrogen-bond donors (Lipinski definition) is 2. The quantitative estimate of drug-likeness (QED) is 0.582. The number of nitrogens with zero attached hydrogens (tertiary/aromatic N) is 1. The Hall–Kier alpha value is -2.78. The lowest BCUT2D eigenvalue weighted by Crippen LogP contribution is -2.32. The third kappa shape index (κ3) is 4.50. The summed E-state index contributed by atoms with van der Waals surface area (Å²) in [7, 11) is 0. The van der Waals surface area contributed by atoms with Crippen LogP contribution in [0.4, 0.5) is 11.4 Å². The van der Waals surface area contributed by atoms with E-state index in [0.29, 0.717) is 29.3 Å². The minimum Gasteiger partial charge on any atom is -0.376 e. The molecule has 8 nitrogen and oxygen atoms in total. The SMILES string of the molecule is Cc1sc(C(=O)Nc2ccccc2C(=O)NCC2CCCO2)cc1[N+](=O)[O-]. The van der Waals surface area contributed by atoms with E-state index < -0.39 is 10.8 Å². The second kappa shape index (κ2) is 8.28.